The summed E-state index contributed by atoms with van der Waals surface area (Å²) in [5, 5.41) is 63.2. The second kappa shape index (κ2) is 23.7. The van der Waals surface area contributed by atoms with Crippen LogP contribution in [0.3, 0.4) is 0 Å². The molecule has 416 valence electrons. The van der Waals surface area contributed by atoms with Gasteiger partial charge in [0.1, 0.15) is 35.1 Å². The maximum absolute atomic E-state index is 14.6. The fraction of sp³-hybridized carbons (Fsp3) is 0.857. The third-order valence-corrected chi connectivity index (χ3v) is 17.7. The van der Waals surface area contributed by atoms with Crippen LogP contribution in [0.25, 0.3) is 0 Å². The molecule has 18 atom stereocenters. The van der Waals surface area contributed by atoms with Crippen LogP contribution < -0.4 is 10.0 Å². The van der Waals surface area contributed by atoms with Crippen molar-refractivity contribution < 1.29 is 80.3 Å². The largest absolute Gasteiger partial charge is 0.459 e. The topological polar surface area (TPSA) is 238 Å². The van der Waals surface area contributed by atoms with Gasteiger partial charge >= 0.3 is 22.4 Å². The van der Waals surface area contributed by atoms with Crippen molar-refractivity contribution in [3.63, 3.8) is 0 Å². The molecule has 0 bridgehead atoms. The van der Waals surface area contributed by atoms with Gasteiger partial charge in [-0.15, -0.1) is 0 Å². The molecule has 7 N–H and O–H groups in total. The molecular formula is C49H82ClF3N4O14S. The number of halogens is 4. The second-order valence-corrected chi connectivity index (χ2v) is 23.8. The Morgan fingerprint density at radius 3 is 2.22 bits per heavy atom. The molecule has 0 spiro atoms. The van der Waals surface area contributed by atoms with Crippen molar-refractivity contribution in [3.05, 3.63) is 28.8 Å². The highest BCUT2D eigenvalue weighted by atomic mass is 35.5. The Morgan fingerprint density at radius 1 is 0.986 bits per heavy atom. The van der Waals surface area contributed by atoms with E-state index in [1.54, 1.807) is 48.5 Å². The molecule has 4 fully saturated rings. The highest BCUT2D eigenvalue weighted by Gasteiger charge is 2.59. The number of cyclic esters (lactones) is 1. The summed E-state index contributed by atoms with van der Waals surface area (Å²) in [6.45, 7) is 18.5. The summed E-state index contributed by atoms with van der Waals surface area (Å²) in [5.41, 5.74) is -8.24. The van der Waals surface area contributed by atoms with Gasteiger partial charge in [-0.2, -0.15) is 25.9 Å². The number of methoxy groups -OCH3 is 1. The van der Waals surface area contributed by atoms with E-state index in [1.165, 1.54) is 21.0 Å². The molecule has 72 heavy (non-hydrogen) atoms. The van der Waals surface area contributed by atoms with Crippen LogP contribution >= 0.6 is 11.6 Å². The number of carbonyl (C=O) groups is 1. The summed E-state index contributed by atoms with van der Waals surface area (Å²) in [7, 11) is -2.04. The molecule has 0 aromatic heterocycles. The normalized spacial score (nSPS) is 41.8. The number of nitrogens with zero attached hydrogens (tertiary/aromatic N) is 2. The number of likely N-dealkylation sites (N-methyl/N-ethyl adjacent to an activating group) is 1. The maximum Gasteiger partial charge on any atom is 0.417 e. The van der Waals surface area contributed by atoms with Gasteiger partial charge in [-0.1, -0.05) is 38.8 Å². The Labute approximate surface area is 428 Å². The minimum atomic E-state index is -4.88. The molecule has 4 aliphatic rings. The molecular weight excluding hydrogens is 993 g/mol. The Bertz CT molecular complexity index is 2080. The number of piperidine rings is 1. The number of anilines is 1. The molecule has 0 unspecified atom stereocenters. The Kier molecular flexibility index (Phi) is 20.0. The third-order valence-electron chi connectivity index (χ3n) is 15.8. The smallest absolute Gasteiger partial charge is 0.417 e. The maximum atomic E-state index is 14.6. The Hall–Kier alpha value is -2.00. The molecule has 18 nitrogen and oxygen atoms in total. The van der Waals surface area contributed by atoms with Gasteiger partial charge in [0.25, 0.3) is 0 Å². The predicted molar refractivity (Wildman–Crippen MR) is 262 cm³/mol. The van der Waals surface area contributed by atoms with Crippen LogP contribution in [0.5, 0.6) is 0 Å². The van der Waals surface area contributed by atoms with Gasteiger partial charge in [-0.05, 0) is 124 Å². The number of nitrogens with one attached hydrogen (secondary N) is 2. The van der Waals surface area contributed by atoms with E-state index in [9.17, 15) is 51.9 Å². The molecule has 4 aliphatic heterocycles. The Balaban J connectivity index is 1.55. The number of aliphatic hydroxyl groups is 5. The summed E-state index contributed by atoms with van der Waals surface area (Å²) in [4.78, 5) is 16.8. The molecule has 0 saturated carbocycles. The summed E-state index contributed by atoms with van der Waals surface area (Å²) in [6.07, 6.45) is -13.3. The van der Waals surface area contributed by atoms with Gasteiger partial charge in [-0.3, -0.25) is 9.52 Å². The number of esters is 1. The minimum absolute atomic E-state index is 0.000589. The number of β-amino-alcohol motifs (C(OH)–C–C–N with tert-alkyl or cyclic N) is 1. The number of hydrogen-bond acceptors (Lipinski definition) is 16. The van der Waals surface area contributed by atoms with Crippen molar-refractivity contribution in [2.24, 2.45) is 17.8 Å². The Morgan fingerprint density at radius 2 is 1.62 bits per heavy atom. The molecule has 0 amide bonds. The van der Waals surface area contributed by atoms with E-state index in [2.05, 4.69) is 14.9 Å². The van der Waals surface area contributed by atoms with Gasteiger partial charge in [0.2, 0.25) is 0 Å². The van der Waals surface area contributed by atoms with Crippen LogP contribution in [-0.4, -0.2) is 179 Å². The highest BCUT2D eigenvalue weighted by Crippen LogP contribution is 2.44. The molecule has 0 radical (unpaired) electrons. The summed E-state index contributed by atoms with van der Waals surface area (Å²) >= 11 is 5.79. The van der Waals surface area contributed by atoms with Crippen LogP contribution in [0.4, 0.5) is 18.9 Å². The number of ether oxygens (including phenoxy) is 6. The van der Waals surface area contributed by atoms with Gasteiger partial charge < -0.3 is 64.2 Å². The van der Waals surface area contributed by atoms with E-state index in [0.717, 1.165) is 55.8 Å². The molecule has 1 aromatic carbocycles. The summed E-state index contributed by atoms with van der Waals surface area (Å²) in [5.74, 6) is -3.46. The monoisotopic (exact) mass is 1070 g/mol. The zero-order valence-electron chi connectivity index (χ0n) is 43.8. The van der Waals surface area contributed by atoms with Crippen LogP contribution in [-0.2, 0) is 49.6 Å². The van der Waals surface area contributed by atoms with Crippen LogP contribution in [0.15, 0.2) is 18.2 Å². The fourth-order valence-electron chi connectivity index (χ4n) is 11.2. The van der Waals surface area contributed by atoms with Crippen molar-refractivity contribution in [3.8, 4) is 0 Å². The van der Waals surface area contributed by atoms with E-state index in [-0.39, 0.29) is 44.7 Å². The van der Waals surface area contributed by atoms with E-state index in [1.807, 2.05) is 6.92 Å². The first-order chi connectivity index (χ1) is 33.2. The molecule has 0 aliphatic carbocycles. The van der Waals surface area contributed by atoms with Crippen molar-refractivity contribution in [2.45, 2.75) is 210 Å². The average molecular weight is 1080 g/mol. The molecule has 4 heterocycles. The number of hydrogen-bond donors (Lipinski definition) is 7. The van der Waals surface area contributed by atoms with Gasteiger partial charge in [0.05, 0.1) is 58.3 Å². The highest BCUT2D eigenvalue weighted by molar-refractivity contribution is 7.90. The molecule has 1 aromatic rings. The van der Waals surface area contributed by atoms with E-state index in [4.69, 9.17) is 40.0 Å². The number of benzene rings is 1. The van der Waals surface area contributed by atoms with Gasteiger partial charge in [-0.25, -0.2) is 0 Å². The standard InChI is InChI=1S/C49H82ClF3N4O14S/c1-13-37-47(10,62)41(59)31(6)54-25-27(2)23-45(8,61)42(71-44-39(58)36(21-28(3)67-44)56(11)72(64,65)55-33-17-18-35(50)34(22-33)49(51,52)53)29(4)40(30(5)43(60)69-37)70-38-24-46(9,66-12)48(63,32(7)68-38)26-57-19-15-14-16-20-57/h17-18,22,27-32,36-42,44,54-55,58-59,61-63H,13-16,19-21,23-26H2,1-12H3/t27-,28+,29+,30+,31-,32+,36-,37-,38+,39+,40+,41-,42-,44-,45-,46-,47-,48+/m1/s1. The van der Waals surface area contributed by atoms with Crippen molar-refractivity contribution in [1.29, 1.82) is 0 Å². The van der Waals surface area contributed by atoms with Crippen LogP contribution in [0.1, 0.15) is 120 Å². The van der Waals surface area contributed by atoms with Gasteiger partial charge in [0, 0.05) is 39.1 Å². The zero-order valence-corrected chi connectivity index (χ0v) is 45.4. The second-order valence-electron chi connectivity index (χ2n) is 21.7. The number of rotatable bonds is 12. The molecule has 5 rings (SSSR count). The number of carbonyl (C=O) groups excluding carboxylic acids is 1. The van der Waals surface area contributed by atoms with Crippen LogP contribution in [0, 0.1) is 17.8 Å². The fourth-order valence-corrected chi connectivity index (χ4v) is 12.6. The minimum Gasteiger partial charge on any atom is -0.459 e. The quantitative estimate of drug-likeness (QED) is 0.139. The number of likely N-dealkylation sites (tertiary alicyclic amines) is 1. The first kappa shape index (κ1) is 60.9. The van der Waals surface area contributed by atoms with E-state index >= 15 is 0 Å². The lowest BCUT2D eigenvalue weighted by molar-refractivity contribution is -0.339. The summed E-state index contributed by atoms with van der Waals surface area (Å²) in [6, 6.07) is 0.524. The van der Waals surface area contributed by atoms with Gasteiger partial charge in [0.15, 0.2) is 12.6 Å². The van der Waals surface area contributed by atoms with Crippen molar-refractivity contribution in [2.75, 3.05) is 45.1 Å². The van der Waals surface area contributed by atoms with E-state index in [0.29, 0.717) is 6.07 Å². The first-order valence-electron chi connectivity index (χ1n) is 25.2. The lowest BCUT2D eigenvalue weighted by Gasteiger charge is -2.55. The molecule has 4 saturated heterocycles. The first-order valence-corrected chi connectivity index (χ1v) is 27.0. The van der Waals surface area contributed by atoms with Crippen molar-refractivity contribution in [1.82, 2.24) is 14.5 Å². The number of aliphatic hydroxyl groups excluding tert-OH is 2. The summed E-state index contributed by atoms with van der Waals surface area (Å²) < 4.78 is 110. The van der Waals surface area contributed by atoms with Crippen LogP contribution in [0.2, 0.25) is 5.02 Å². The lowest BCUT2D eigenvalue weighted by atomic mass is 9.74. The van der Waals surface area contributed by atoms with E-state index < -0.39 is 140 Å². The predicted octanol–water partition coefficient (Wildman–Crippen LogP) is 4.81. The third kappa shape index (κ3) is 13.6. The number of alkyl halides is 3. The molecule has 23 heteroatoms. The zero-order chi connectivity index (χ0) is 54.1. The van der Waals surface area contributed by atoms with Crippen molar-refractivity contribution >= 4 is 33.5 Å². The lowest BCUT2D eigenvalue weighted by Crippen LogP contribution is -2.70. The average Bonchev–Trinajstić information content (AvgIpc) is 3.29. The SMILES string of the molecule is CC[C@H]1OC(=O)[C@@H](C)[C@@H](O[C@H]2C[C@@](C)(OC)[C@](O)(CN3CCCCC3)[C@H](C)O2)[C@H](C)[C@@H](O[C@H]2O[C@@H](C)C[C@@H](N(C)S(=O)(=O)Nc3ccc(Cl)c(C(F)(F)F)c3)[C@@H]2O)[C@](C)(O)C[C@@H](C)CN[C@H](C)[C@@H](O)[C@]1(C)O.